The zero-order valence-corrected chi connectivity index (χ0v) is 8.92. The van der Waals surface area contributed by atoms with Crippen LogP contribution in [-0.4, -0.2) is 13.4 Å². The lowest BCUT2D eigenvalue weighted by Crippen LogP contribution is -2.17. The molecule has 0 bridgehead atoms. The predicted molar refractivity (Wildman–Crippen MR) is 50.0 cm³/mol. The third-order valence-corrected chi connectivity index (χ3v) is 2.69. The molecule has 1 rings (SSSR count). The predicted octanol–water partition coefficient (Wildman–Crippen LogP) is 0.847. The van der Waals surface area contributed by atoms with Crippen LogP contribution in [0.25, 0.3) is 0 Å². The van der Waals surface area contributed by atoms with E-state index in [4.69, 9.17) is 10.4 Å². The Morgan fingerprint density at radius 2 is 2.12 bits per heavy atom. The number of alkyl halides is 2. The highest BCUT2D eigenvalue weighted by Gasteiger charge is 2.21. The number of aromatic nitrogens is 1. The van der Waals surface area contributed by atoms with E-state index in [1.54, 1.807) is 0 Å². The Bertz CT molecular complexity index is 563. The van der Waals surface area contributed by atoms with Gasteiger partial charge in [0.1, 0.15) is 6.07 Å². The number of primary sulfonamides is 1. The zero-order valence-electron chi connectivity index (χ0n) is 8.11. The van der Waals surface area contributed by atoms with Gasteiger partial charge < -0.3 is 0 Å². The molecule has 16 heavy (non-hydrogen) atoms. The van der Waals surface area contributed by atoms with Crippen molar-refractivity contribution in [2.24, 2.45) is 5.14 Å². The van der Waals surface area contributed by atoms with E-state index in [9.17, 15) is 17.2 Å². The summed E-state index contributed by atoms with van der Waals surface area (Å²) in [5, 5.41) is 12.7. The van der Waals surface area contributed by atoms with Gasteiger partial charge in [0.2, 0.25) is 0 Å². The summed E-state index contributed by atoms with van der Waals surface area (Å²) in [7, 11) is -4.19. The summed E-state index contributed by atoms with van der Waals surface area (Å²) in [5.41, 5.74) is -1.13. The van der Waals surface area contributed by atoms with Crippen LogP contribution in [0.4, 0.5) is 8.78 Å². The van der Waals surface area contributed by atoms with Crippen LogP contribution < -0.4 is 5.14 Å². The number of halogens is 2. The van der Waals surface area contributed by atoms with Gasteiger partial charge in [-0.3, -0.25) is 0 Å². The summed E-state index contributed by atoms with van der Waals surface area (Å²) in [6, 6.07) is 2.25. The van der Waals surface area contributed by atoms with E-state index < -0.39 is 32.6 Å². The van der Waals surface area contributed by atoms with Gasteiger partial charge in [-0.15, -0.1) is 0 Å². The Hall–Kier alpha value is -1.59. The van der Waals surface area contributed by atoms with Crippen LogP contribution in [0.3, 0.4) is 0 Å². The van der Waals surface area contributed by atoms with Crippen molar-refractivity contribution in [2.75, 3.05) is 0 Å². The number of nitrogens with two attached hydrogens (primary N) is 1. The van der Waals surface area contributed by atoms with Crippen molar-refractivity contribution in [2.45, 2.75) is 18.4 Å². The van der Waals surface area contributed by atoms with Gasteiger partial charge in [0.05, 0.1) is 5.56 Å². The monoisotopic (exact) mass is 247 g/mol. The largest absolute Gasteiger partial charge is 0.265 e. The van der Waals surface area contributed by atoms with Gasteiger partial charge >= 0.3 is 0 Å². The SMILES string of the molecule is Cc1nc(S(N)(=O)=O)c(C#N)cc1C(F)F. The highest BCUT2D eigenvalue weighted by atomic mass is 32.2. The van der Waals surface area contributed by atoms with Crippen molar-refractivity contribution < 1.29 is 17.2 Å². The van der Waals surface area contributed by atoms with E-state index in [2.05, 4.69) is 4.98 Å². The average Bonchev–Trinajstić information content (AvgIpc) is 2.15. The standard InChI is InChI=1S/C8H7F2N3O2S/c1-4-6(7(9)10)2-5(3-11)8(13-4)16(12,14)15/h2,7H,1H3,(H2,12,14,15). The Morgan fingerprint density at radius 1 is 1.56 bits per heavy atom. The molecule has 8 heteroatoms. The Morgan fingerprint density at radius 3 is 2.50 bits per heavy atom. The molecule has 0 aromatic carbocycles. The molecule has 1 heterocycles. The topological polar surface area (TPSA) is 96.8 Å². The molecule has 86 valence electrons. The van der Waals surface area contributed by atoms with E-state index in [0.717, 1.165) is 6.07 Å². The molecule has 0 spiro atoms. The third-order valence-electron chi connectivity index (χ3n) is 1.84. The van der Waals surface area contributed by atoms with Gasteiger partial charge in [0.15, 0.2) is 5.03 Å². The fourth-order valence-electron chi connectivity index (χ4n) is 1.12. The van der Waals surface area contributed by atoms with Crippen LogP contribution in [0.1, 0.15) is 23.2 Å². The summed E-state index contributed by atoms with van der Waals surface area (Å²) in [5.74, 6) is 0. The molecule has 0 saturated carbocycles. The number of hydrogen-bond donors (Lipinski definition) is 1. The number of nitrogens with zero attached hydrogens (tertiary/aromatic N) is 2. The maximum Gasteiger partial charge on any atom is 0.265 e. The van der Waals surface area contributed by atoms with Gasteiger partial charge in [0, 0.05) is 11.3 Å². The molecule has 0 unspecified atom stereocenters. The molecule has 0 amide bonds. The molecule has 0 aliphatic rings. The third kappa shape index (κ3) is 2.32. The molecular weight excluding hydrogens is 240 g/mol. The maximum absolute atomic E-state index is 12.4. The number of nitriles is 1. The van der Waals surface area contributed by atoms with Crippen molar-refractivity contribution in [3.8, 4) is 6.07 Å². The van der Waals surface area contributed by atoms with Crippen molar-refractivity contribution in [3.05, 3.63) is 22.9 Å². The number of pyridine rings is 1. The van der Waals surface area contributed by atoms with Crippen molar-refractivity contribution in [1.29, 1.82) is 5.26 Å². The molecule has 0 fully saturated rings. The highest BCUT2D eigenvalue weighted by molar-refractivity contribution is 7.89. The van der Waals surface area contributed by atoms with Crippen LogP contribution in [0.15, 0.2) is 11.1 Å². The van der Waals surface area contributed by atoms with Gasteiger partial charge in [-0.1, -0.05) is 0 Å². The van der Waals surface area contributed by atoms with Gasteiger partial charge in [-0.05, 0) is 13.0 Å². The second-order valence-corrected chi connectivity index (χ2v) is 4.45. The fourth-order valence-corrected chi connectivity index (χ4v) is 1.79. The minimum atomic E-state index is -4.19. The Labute approximate surface area is 90.6 Å². The van der Waals surface area contributed by atoms with E-state index in [1.165, 1.54) is 13.0 Å². The van der Waals surface area contributed by atoms with Crippen LogP contribution in [0.5, 0.6) is 0 Å². The highest BCUT2D eigenvalue weighted by Crippen LogP contribution is 2.24. The van der Waals surface area contributed by atoms with Crippen LogP contribution >= 0.6 is 0 Å². The first-order chi connectivity index (χ1) is 7.27. The number of rotatable bonds is 2. The van der Waals surface area contributed by atoms with Crippen LogP contribution in [0, 0.1) is 18.3 Å². The number of hydrogen-bond acceptors (Lipinski definition) is 4. The summed E-state index contributed by atoms with van der Waals surface area (Å²) < 4.78 is 46.9. The van der Waals surface area contributed by atoms with E-state index >= 15 is 0 Å². The maximum atomic E-state index is 12.4. The lowest BCUT2D eigenvalue weighted by molar-refractivity contribution is 0.150. The van der Waals surface area contributed by atoms with Gasteiger partial charge in [-0.25, -0.2) is 27.3 Å². The van der Waals surface area contributed by atoms with E-state index in [-0.39, 0.29) is 5.69 Å². The number of aryl methyl sites for hydroxylation is 1. The molecular formula is C8H7F2N3O2S. The Kier molecular flexibility index (Phi) is 3.21. The van der Waals surface area contributed by atoms with Crippen molar-refractivity contribution in [3.63, 3.8) is 0 Å². The van der Waals surface area contributed by atoms with Gasteiger partial charge in [0.25, 0.3) is 16.4 Å². The second kappa shape index (κ2) is 4.11. The van der Waals surface area contributed by atoms with Crippen LogP contribution in [0.2, 0.25) is 0 Å². The lowest BCUT2D eigenvalue weighted by Gasteiger charge is -2.07. The molecule has 0 radical (unpaired) electrons. The van der Waals surface area contributed by atoms with E-state index in [1.807, 2.05) is 0 Å². The molecule has 0 saturated heterocycles. The number of sulfonamides is 1. The molecule has 5 nitrogen and oxygen atoms in total. The molecule has 2 N–H and O–H groups in total. The molecule has 0 aliphatic heterocycles. The summed E-state index contributed by atoms with van der Waals surface area (Å²) in [6.45, 7) is 1.22. The normalized spacial score (nSPS) is 11.5. The second-order valence-electron chi connectivity index (χ2n) is 2.97. The van der Waals surface area contributed by atoms with Crippen LogP contribution in [-0.2, 0) is 10.0 Å². The molecule has 1 aromatic heterocycles. The molecule has 1 aromatic rings. The molecule has 0 atom stereocenters. The summed E-state index contributed by atoms with van der Waals surface area (Å²) in [4.78, 5) is 3.42. The smallest absolute Gasteiger partial charge is 0.239 e. The average molecular weight is 247 g/mol. The van der Waals surface area contributed by atoms with Crippen molar-refractivity contribution in [1.82, 2.24) is 4.98 Å². The first kappa shape index (κ1) is 12.5. The zero-order chi connectivity index (χ0) is 12.5. The molecule has 0 aliphatic carbocycles. The first-order valence-electron chi connectivity index (χ1n) is 4.00. The van der Waals surface area contributed by atoms with E-state index in [0.29, 0.717) is 0 Å². The van der Waals surface area contributed by atoms with Crippen molar-refractivity contribution >= 4 is 10.0 Å². The quantitative estimate of drug-likeness (QED) is 0.837. The van der Waals surface area contributed by atoms with Gasteiger partial charge in [-0.2, -0.15) is 5.26 Å². The summed E-state index contributed by atoms with van der Waals surface area (Å²) >= 11 is 0. The Balaban J connectivity index is 3.59. The minimum Gasteiger partial charge on any atom is -0.239 e. The minimum absolute atomic E-state index is 0.168. The summed E-state index contributed by atoms with van der Waals surface area (Å²) in [6.07, 6.45) is -2.82. The lowest BCUT2D eigenvalue weighted by atomic mass is 10.1. The fraction of sp³-hybridized carbons (Fsp3) is 0.250. The first-order valence-corrected chi connectivity index (χ1v) is 5.54.